The molecule has 1 atom stereocenters. The van der Waals surface area contributed by atoms with Crippen molar-refractivity contribution < 1.29 is 4.74 Å². The zero-order chi connectivity index (χ0) is 21.3. The summed E-state index contributed by atoms with van der Waals surface area (Å²) in [6.45, 7) is 4.26. The molecule has 1 unspecified atom stereocenters. The minimum absolute atomic E-state index is 0.305. The number of aliphatic imine (C=N–C) groups is 1. The average Bonchev–Trinajstić information content (AvgIpc) is 3.17. The second kappa shape index (κ2) is 7.94. The van der Waals surface area contributed by atoms with Crippen molar-refractivity contribution in [3.63, 3.8) is 0 Å². The Bertz CT molecular complexity index is 1200. The smallest absolute Gasteiger partial charge is 0.147 e. The van der Waals surface area contributed by atoms with Crippen LogP contribution in [0.1, 0.15) is 39.6 Å². The highest BCUT2D eigenvalue weighted by molar-refractivity contribution is 6.69. The van der Waals surface area contributed by atoms with Crippen LogP contribution in [0.4, 0.5) is 11.5 Å². The van der Waals surface area contributed by atoms with E-state index >= 15 is 0 Å². The molecule has 1 aliphatic heterocycles. The molecule has 7 heteroatoms. The molecule has 0 radical (unpaired) electrons. The van der Waals surface area contributed by atoms with Crippen molar-refractivity contribution in [1.29, 1.82) is 10.5 Å². The molecule has 1 aromatic heterocycles. The highest BCUT2D eigenvalue weighted by Gasteiger charge is 2.27. The number of rotatable bonds is 4. The van der Waals surface area contributed by atoms with Crippen LogP contribution < -0.4 is 10.1 Å². The normalized spacial score (nSPS) is 14.8. The Balaban J connectivity index is 1.62. The molecule has 0 saturated heterocycles. The van der Waals surface area contributed by atoms with E-state index in [1.54, 1.807) is 12.1 Å². The number of fused-ring (bicyclic) bond motifs is 1. The predicted molar refractivity (Wildman–Crippen MR) is 116 cm³/mol. The van der Waals surface area contributed by atoms with Gasteiger partial charge in [0.1, 0.15) is 22.8 Å². The number of ether oxygens (including phenoxy) is 1. The fourth-order valence-corrected chi connectivity index (χ4v) is 3.76. The van der Waals surface area contributed by atoms with Crippen molar-refractivity contribution in [2.45, 2.75) is 20.0 Å². The topological polar surface area (TPSA) is 97.0 Å². The molecular formula is C23H18ClN5O. The van der Waals surface area contributed by atoms with Gasteiger partial charge in [0.15, 0.2) is 0 Å². The third-order valence-corrected chi connectivity index (χ3v) is 5.25. The molecule has 3 aromatic rings. The van der Waals surface area contributed by atoms with Crippen molar-refractivity contribution in [2.24, 2.45) is 4.99 Å². The van der Waals surface area contributed by atoms with E-state index in [1.165, 1.54) is 0 Å². The molecular weight excluding hydrogens is 398 g/mol. The fraction of sp³-hybridized carbons (Fsp3) is 0.174. The minimum Gasteiger partial charge on any atom is -0.483 e. The van der Waals surface area contributed by atoms with Crippen molar-refractivity contribution in [3.8, 4) is 17.9 Å². The number of halogens is 1. The largest absolute Gasteiger partial charge is 0.483 e. The molecule has 2 N–H and O–H groups in total. The molecule has 0 bridgehead atoms. The summed E-state index contributed by atoms with van der Waals surface area (Å²) in [5.74, 6) is 1.50. The Labute approximate surface area is 179 Å². The molecule has 0 aliphatic carbocycles. The van der Waals surface area contributed by atoms with Gasteiger partial charge in [-0.3, -0.25) is 4.99 Å². The fourth-order valence-electron chi connectivity index (χ4n) is 3.53. The molecule has 148 valence electrons. The van der Waals surface area contributed by atoms with E-state index < -0.39 is 0 Å². The average molecular weight is 416 g/mol. The SMILES string of the molecule is Cc1cc(C#N)cc(C)c1OC1CN=C(Cl)c2[nH]c(Nc3ccc(C#N)cc3)cc21. The number of hydrogen-bond donors (Lipinski definition) is 2. The van der Waals surface area contributed by atoms with Gasteiger partial charge in [-0.15, -0.1) is 0 Å². The van der Waals surface area contributed by atoms with E-state index in [0.29, 0.717) is 28.5 Å². The lowest BCUT2D eigenvalue weighted by Gasteiger charge is -2.23. The van der Waals surface area contributed by atoms with Gasteiger partial charge in [-0.1, -0.05) is 11.6 Å². The first-order valence-corrected chi connectivity index (χ1v) is 9.74. The highest BCUT2D eigenvalue weighted by atomic mass is 35.5. The van der Waals surface area contributed by atoms with Crippen molar-refractivity contribution in [1.82, 2.24) is 4.98 Å². The van der Waals surface area contributed by atoms with Crippen LogP contribution in [0.15, 0.2) is 47.5 Å². The van der Waals surface area contributed by atoms with Gasteiger partial charge in [0.2, 0.25) is 0 Å². The zero-order valence-electron chi connectivity index (χ0n) is 16.5. The minimum atomic E-state index is -0.305. The maximum atomic E-state index is 9.16. The van der Waals surface area contributed by atoms with Gasteiger partial charge in [-0.2, -0.15) is 10.5 Å². The van der Waals surface area contributed by atoms with Gasteiger partial charge in [0, 0.05) is 11.3 Å². The summed E-state index contributed by atoms with van der Waals surface area (Å²) in [4.78, 5) is 7.66. The quantitative estimate of drug-likeness (QED) is 0.609. The highest BCUT2D eigenvalue weighted by Crippen LogP contribution is 2.35. The van der Waals surface area contributed by atoms with Gasteiger partial charge < -0.3 is 15.0 Å². The Hall–Kier alpha value is -3.74. The van der Waals surface area contributed by atoms with Crippen molar-refractivity contribution in [2.75, 3.05) is 11.9 Å². The summed E-state index contributed by atoms with van der Waals surface area (Å²) in [6, 6.07) is 17.1. The number of aromatic amines is 1. The van der Waals surface area contributed by atoms with Crippen LogP contribution in [0.3, 0.4) is 0 Å². The predicted octanol–water partition coefficient (Wildman–Crippen LogP) is 5.24. The molecule has 4 rings (SSSR count). The number of benzene rings is 2. The van der Waals surface area contributed by atoms with Gasteiger partial charge in [0.05, 0.1) is 35.5 Å². The second-order valence-electron chi connectivity index (χ2n) is 7.12. The summed E-state index contributed by atoms with van der Waals surface area (Å²) in [7, 11) is 0. The second-order valence-corrected chi connectivity index (χ2v) is 7.47. The molecule has 1 aliphatic rings. The summed E-state index contributed by atoms with van der Waals surface area (Å²) in [6.07, 6.45) is -0.305. The van der Waals surface area contributed by atoms with Crippen LogP contribution in [-0.2, 0) is 0 Å². The van der Waals surface area contributed by atoms with Crippen LogP contribution in [0, 0.1) is 36.5 Å². The van der Waals surface area contributed by atoms with Crippen molar-refractivity contribution in [3.05, 3.63) is 76.0 Å². The van der Waals surface area contributed by atoms with Crippen LogP contribution in [0.25, 0.3) is 0 Å². The maximum absolute atomic E-state index is 9.16. The molecule has 0 spiro atoms. The molecule has 0 amide bonds. The van der Waals surface area contributed by atoms with E-state index in [2.05, 4.69) is 27.4 Å². The molecule has 6 nitrogen and oxygen atoms in total. The number of hydrogen-bond acceptors (Lipinski definition) is 5. The van der Waals surface area contributed by atoms with Crippen LogP contribution in [-0.4, -0.2) is 16.7 Å². The lowest BCUT2D eigenvalue weighted by Crippen LogP contribution is -2.19. The van der Waals surface area contributed by atoms with E-state index in [9.17, 15) is 0 Å². The first-order valence-electron chi connectivity index (χ1n) is 9.37. The van der Waals surface area contributed by atoms with Gasteiger partial charge in [-0.25, -0.2) is 0 Å². The van der Waals surface area contributed by atoms with Gasteiger partial charge in [-0.05, 0) is 67.4 Å². The number of aromatic nitrogens is 1. The summed E-state index contributed by atoms with van der Waals surface area (Å²) in [5, 5.41) is 21.8. The lowest BCUT2D eigenvalue weighted by atomic mass is 10.0. The monoisotopic (exact) mass is 415 g/mol. The van der Waals surface area contributed by atoms with Gasteiger partial charge >= 0.3 is 0 Å². The molecule has 0 saturated carbocycles. The third kappa shape index (κ3) is 3.74. The number of aryl methyl sites for hydroxylation is 2. The van der Waals surface area contributed by atoms with Crippen molar-refractivity contribution >= 4 is 28.3 Å². The van der Waals surface area contributed by atoms with E-state index in [0.717, 1.165) is 33.9 Å². The third-order valence-electron chi connectivity index (χ3n) is 4.94. The standard InChI is InChI=1S/C23H18ClN5O/c1-13-7-16(11-26)8-14(2)22(13)30-19-12-27-23(24)21-18(19)9-20(29-21)28-17-5-3-15(10-25)4-6-17/h3-9,19,28-29H,12H2,1-2H3. The Morgan fingerprint density at radius 2 is 1.73 bits per heavy atom. The van der Waals surface area contributed by atoms with Crippen LogP contribution in [0.5, 0.6) is 5.75 Å². The number of nitrogens with one attached hydrogen (secondary N) is 2. The number of nitrogens with zero attached hydrogens (tertiary/aromatic N) is 3. The summed E-state index contributed by atoms with van der Waals surface area (Å²) >= 11 is 6.34. The number of nitriles is 2. The van der Waals surface area contributed by atoms with E-state index in [1.807, 2.05) is 44.2 Å². The summed E-state index contributed by atoms with van der Waals surface area (Å²) in [5.41, 5.74) is 5.49. The summed E-state index contributed by atoms with van der Waals surface area (Å²) < 4.78 is 6.33. The first kappa shape index (κ1) is 19.6. The molecule has 2 aromatic carbocycles. The Morgan fingerprint density at radius 1 is 1.07 bits per heavy atom. The Kier molecular flexibility index (Phi) is 5.18. The number of anilines is 2. The molecule has 2 heterocycles. The zero-order valence-corrected chi connectivity index (χ0v) is 17.2. The van der Waals surface area contributed by atoms with Gasteiger partial charge in [0.25, 0.3) is 0 Å². The first-order chi connectivity index (χ1) is 14.5. The van der Waals surface area contributed by atoms with Crippen LogP contribution in [0.2, 0.25) is 0 Å². The molecule has 0 fully saturated rings. The maximum Gasteiger partial charge on any atom is 0.147 e. The van der Waals surface area contributed by atoms with E-state index in [4.69, 9.17) is 26.9 Å². The van der Waals surface area contributed by atoms with E-state index in [-0.39, 0.29) is 6.10 Å². The molecule has 30 heavy (non-hydrogen) atoms. The lowest BCUT2D eigenvalue weighted by molar-refractivity contribution is 0.210. The Morgan fingerprint density at radius 3 is 2.37 bits per heavy atom. The number of H-pyrrole nitrogens is 1. The van der Waals surface area contributed by atoms with Crippen LogP contribution >= 0.6 is 11.6 Å².